The van der Waals surface area contributed by atoms with Gasteiger partial charge in [0.05, 0.1) is 17.2 Å². The van der Waals surface area contributed by atoms with Crippen LogP contribution in [0.15, 0.2) is 23.0 Å². The Hall–Kier alpha value is -3.90. The molecule has 1 saturated carbocycles. The molecule has 1 fully saturated rings. The van der Waals surface area contributed by atoms with Crippen LogP contribution in [0.25, 0.3) is 5.76 Å². The Bertz CT molecular complexity index is 1360. The molecule has 0 heterocycles. The van der Waals surface area contributed by atoms with Crippen LogP contribution in [0.3, 0.4) is 0 Å². The monoisotopic (exact) mass is 542 g/mol. The highest BCUT2D eigenvalue weighted by molar-refractivity contribution is 6.24. The molecule has 0 bridgehead atoms. The summed E-state index contributed by atoms with van der Waals surface area (Å²) >= 11 is 0. The predicted octanol–water partition coefficient (Wildman–Crippen LogP) is 0.170. The number of Topliss-reactive ketones (excluding diaryl/α,β-unsaturated/α-hetero) is 2. The van der Waals surface area contributed by atoms with E-state index in [0.717, 1.165) is 0 Å². The lowest BCUT2D eigenvalue weighted by molar-refractivity contribution is -0.153. The maximum atomic E-state index is 14.0. The fraction of sp³-hybridized carbons (Fsp3) is 0.481. The Balaban J connectivity index is 1.98. The van der Waals surface area contributed by atoms with E-state index in [0.29, 0.717) is 24.2 Å². The molecule has 4 atom stereocenters. The number of amides is 2. The zero-order valence-electron chi connectivity index (χ0n) is 22.5. The molecule has 0 saturated heterocycles. The number of nitrogens with two attached hydrogens (primary N) is 1. The van der Waals surface area contributed by atoms with Gasteiger partial charge < -0.3 is 36.4 Å². The van der Waals surface area contributed by atoms with Crippen LogP contribution in [-0.2, 0) is 20.8 Å². The maximum absolute atomic E-state index is 14.0. The van der Waals surface area contributed by atoms with Crippen molar-refractivity contribution in [1.29, 1.82) is 0 Å². The number of hydrogen-bond acceptors (Lipinski definition) is 10. The number of nitrogens with one attached hydrogen (secondary N) is 1. The number of nitrogens with zero attached hydrogens (tertiary/aromatic N) is 2. The molecular weight excluding hydrogens is 508 g/mol. The summed E-state index contributed by atoms with van der Waals surface area (Å²) in [7, 11) is 6.55. The van der Waals surface area contributed by atoms with Crippen LogP contribution >= 0.6 is 0 Å². The summed E-state index contributed by atoms with van der Waals surface area (Å²) in [5.74, 6) is -7.96. The van der Waals surface area contributed by atoms with Crippen LogP contribution in [0, 0.1) is 11.8 Å². The van der Waals surface area contributed by atoms with Gasteiger partial charge in [0.25, 0.3) is 11.8 Å². The van der Waals surface area contributed by atoms with Crippen molar-refractivity contribution in [3.63, 3.8) is 0 Å². The van der Waals surface area contributed by atoms with Crippen molar-refractivity contribution < 1.29 is 39.6 Å². The molecule has 1 aromatic rings. The minimum atomic E-state index is -2.72. The molecule has 12 nitrogen and oxygen atoms in total. The second-order valence-corrected chi connectivity index (χ2v) is 10.8. The number of aromatic hydroxyl groups is 1. The maximum Gasteiger partial charge on any atom is 0.255 e. The lowest BCUT2D eigenvalue weighted by atomic mass is 9.57. The van der Waals surface area contributed by atoms with E-state index in [1.54, 1.807) is 33.1 Å². The first-order valence-corrected chi connectivity index (χ1v) is 12.7. The molecule has 210 valence electrons. The molecule has 3 aliphatic rings. The highest BCUT2D eigenvalue weighted by Crippen LogP contribution is 2.54. The Morgan fingerprint density at radius 3 is 2.33 bits per heavy atom. The number of hydrogen-bond donors (Lipinski definition) is 6. The van der Waals surface area contributed by atoms with E-state index in [4.69, 9.17) is 5.73 Å². The lowest BCUT2D eigenvalue weighted by Crippen LogP contribution is -2.65. The van der Waals surface area contributed by atoms with Crippen molar-refractivity contribution in [3.8, 4) is 5.75 Å². The molecule has 12 heteroatoms. The highest BCUT2D eigenvalue weighted by atomic mass is 16.3. The largest absolute Gasteiger partial charge is 0.508 e. The van der Waals surface area contributed by atoms with Crippen molar-refractivity contribution in [1.82, 2.24) is 10.2 Å². The number of benzene rings is 1. The summed E-state index contributed by atoms with van der Waals surface area (Å²) < 4.78 is 0. The molecule has 0 spiro atoms. The van der Waals surface area contributed by atoms with Crippen molar-refractivity contribution >= 4 is 34.8 Å². The molecule has 1 aromatic carbocycles. The number of primary amides is 1. The number of phenolic OH excluding ortho intramolecular Hbond substituents is 1. The Labute approximate surface area is 225 Å². The third-order valence-corrected chi connectivity index (χ3v) is 7.96. The molecular formula is C27H34N4O8. The molecule has 7 N–H and O–H groups in total. The summed E-state index contributed by atoms with van der Waals surface area (Å²) in [4.78, 5) is 55.3. The quantitative estimate of drug-likeness (QED) is 0.270. The second kappa shape index (κ2) is 9.69. The van der Waals surface area contributed by atoms with Gasteiger partial charge in [-0.25, -0.2) is 0 Å². The van der Waals surface area contributed by atoms with Gasteiger partial charge in [0.2, 0.25) is 5.78 Å². The average Bonchev–Trinajstić information content (AvgIpc) is 2.84. The number of phenols is 1. The van der Waals surface area contributed by atoms with E-state index in [1.165, 1.54) is 11.0 Å². The van der Waals surface area contributed by atoms with Crippen LogP contribution in [0.4, 0.5) is 5.69 Å². The van der Waals surface area contributed by atoms with Crippen LogP contribution in [0.2, 0.25) is 0 Å². The van der Waals surface area contributed by atoms with Gasteiger partial charge in [0.15, 0.2) is 11.4 Å². The SMILES string of the molecule is CCCNC(=O)c1cc(N(C)C)c2c(c1O)C(O)=C1C(=O)[C@]3(O)C(O)=C(C(N)=O)C(=O)[C@H](N(C)C)[C@@H]3C[C@@H]1C2. The van der Waals surface area contributed by atoms with Crippen LogP contribution in [0.5, 0.6) is 5.75 Å². The minimum absolute atomic E-state index is 0.0157. The van der Waals surface area contributed by atoms with Gasteiger partial charge in [-0.2, -0.15) is 0 Å². The van der Waals surface area contributed by atoms with E-state index in [9.17, 15) is 39.6 Å². The topological polar surface area (TPSA) is 194 Å². The number of anilines is 1. The molecule has 3 aliphatic carbocycles. The first-order valence-electron chi connectivity index (χ1n) is 12.7. The van der Waals surface area contributed by atoms with Gasteiger partial charge >= 0.3 is 0 Å². The standard InChI is InChI=1S/C27H34N4O8/c1-6-7-29-26(38)13-10-15(30(2)3)12-8-11-9-14-19(31(4)5)22(34)18(25(28)37)24(36)27(14,39)23(35)16(11)21(33)17(12)20(13)32/h10-11,14,19,32-33,36,39H,6-9H2,1-5H3,(H2,28,37)(H,29,38)/t11-,14-,19+,27-/m0/s1. The van der Waals surface area contributed by atoms with Crippen molar-refractivity contribution in [2.24, 2.45) is 17.6 Å². The Kier molecular flexibility index (Phi) is 6.98. The number of aliphatic hydroxyl groups excluding tert-OH is 2. The Morgan fingerprint density at radius 2 is 1.79 bits per heavy atom. The first kappa shape index (κ1) is 28.1. The second-order valence-electron chi connectivity index (χ2n) is 10.8. The third-order valence-electron chi connectivity index (χ3n) is 7.96. The van der Waals surface area contributed by atoms with E-state index < -0.39 is 69.7 Å². The van der Waals surface area contributed by atoms with Crippen LogP contribution in [-0.4, -0.2) is 95.1 Å². The summed E-state index contributed by atoms with van der Waals surface area (Å²) in [6.07, 6.45) is 0.772. The first-order chi connectivity index (χ1) is 18.2. The number of likely N-dealkylation sites (N-methyl/N-ethyl adjacent to an activating group) is 1. The lowest BCUT2D eigenvalue weighted by Gasteiger charge is -2.50. The predicted molar refractivity (Wildman–Crippen MR) is 141 cm³/mol. The summed E-state index contributed by atoms with van der Waals surface area (Å²) in [6, 6.07) is 0.354. The zero-order valence-corrected chi connectivity index (χ0v) is 22.5. The number of ketones is 2. The van der Waals surface area contributed by atoms with Gasteiger partial charge in [0.1, 0.15) is 22.8 Å². The molecule has 2 amide bonds. The average molecular weight is 543 g/mol. The van der Waals surface area contributed by atoms with E-state index in [1.807, 2.05) is 6.92 Å². The summed E-state index contributed by atoms with van der Waals surface area (Å²) in [6.45, 7) is 2.22. The van der Waals surface area contributed by atoms with Crippen molar-refractivity contribution in [2.75, 3.05) is 39.6 Å². The number of fused-ring (bicyclic) bond motifs is 3. The number of rotatable bonds is 6. The van der Waals surface area contributed by atoms with Crippen molar-refractivity contribution in [3.05, 3.63) is 39.7 Å². The molecule has 0 aliphatic heterocycles. The van der Waals surface area contributed by atoms with Gasteiger partial charge in [0, 0.05) is 37.8 Å². The van der Waals surface area contributed by atoms with Gasteiger partial charge in [-0.05, 0) is 50.9 Å². The van der Waals surface area contributed by atoms with Gasteiger partial charge in [-0.15, -0.1) is 0 Å². The summed E-state index contributed by atoms with van der Waals surface area (Å²) in [5, 5.41) is 47.9. The van der Waals surface area contributed by atoms with Crippen LogP contribution < -0.4 is 16.0 Å². The fourth-order valence-corrected chi connectivity index (χ4v) is 6.20. The molecule has 0 aromatic heterocycles. The molecule has 0 radical (unpaired) electrons. The smallest absolute Gasteiger partial charge is 0.255 e. The van der Waals surface area contributed by atoms with E-state index >= 15 is 0 Å². The van der Waals surface area contributed by atoms with E-state index in [2.05, 4.69) is 5.32 Å². The molecule has 4 rings (SSSR count). The number of aliphatic hydroxyl groups is 3. The zero-order chi connectivity index (χ0) is 29.1. The molecule has 39 heavy (non-hydrogen) atoms. The summed E-state index contributed by atoms with van der Waals surface area (Å²) in [5.41, 5.74) is 2.27. The molecule has 0 unspecified atom stereocenters. The number of carbonyl (C=O) groups is 4. The van der Waals surface area contributed by atoms with Crippen LogP contribution in [0.1, 0.15) is 41.3 Å². The van der Waals surface area contributed by atoms with Gasteiger partial charge in [-0.1, -0.05) is 6.92 Å². The van der Waals surface area contributed by atoms with Crippen molar-refractivity contribution in [2.45, 2.75) is 37.8 Å². The third kappa shape index (κ3) is 3.97. The van der Waals surface area contributed by atoms with Gasteiger partial charge in [-0.3, -0.25) is 24.1 Å². The fourth-order valence-electron chi connectivity index (χ4n) is 6.20. The van der Waals surface area contributed by atoms with E-state index in [-0.39, 0.29) is 29.5 Å². The highest BCUT2D eigenvalue weighted by Gasteiger charge is 2.64. The Morgan fingerprint density at radius 1 is 1.15 bits per heavy atom. The minimum Gasteiger partial charge on any atom is -0.508 e. The number of carbonyl (C=O) groups excluding carboxylic acids is 4. The normalized spacial score (nSPS) is 26.3.